The number of fused-ring (bicyclic) bond motifs is 2. The zero-order chi connectivity index (χ0) is 35.2. The molecule has 2 aromatic carbocycles. The molecule has 47 heavy (non-hydrogen) atoms. The number of rotatable bonds is 15. The van der Waals surface area contributed by atoms with E-state index in [0.717, 1.165) is 19.9 Å². The lowest BCUT2D eigenvalue weighted by Gasteiger charge is -2.28. The number of benzene rings is 2. The third kappa shape index (κ3) is 13.5. The molecular formula is C30H39NO16. The van der Waals surface area contributed by atoms with E-state index in [0.29, 0.717) is 40.9 Å². The first-order valence-corrected chi connectivity index (χ1v) is 14.0. The van der Waals surface area contributed by atoms with Crippen LogP contribution in [0.25, 0.3) is 0 Å². The van der Waals surface area contributed by atoms with E-state index in [1.54, 1.807) is 36.4 Å². The van der Waals surface area contributed by atoms with Gasteiger partial charge in [0.05, 0.1) is 12.8 Å². The van der Waals surface area contributed by atoms with Crippen molar-refractivity contribution in [2.24, 2.45) is 0 Å². The molecule has 17 nitrogen and oxygen atoms in total. The number of hydrogen-bond acceptors (Lipinski definition) is 13. The topological polar surface area (TPSA) is 248 Å². The van der Waals surface area contributed by atoms with Crippen molar-refractivity contribution in [3.63, 3.8) is 0 Å². The van der Waals surface area contributed by atoms with Gasteiger partial charge in [0.25, 0.3) is 5.97 Å². The van der Waals surface area contributed by atoms with Gasteiger partial charge in [0, 0.05) is 19.1 Å². The fraction of sp³-hybridized carbons (Fsp3) is 0.467. The van der Waals surface area contributed by atoms with Crippen LogP contribution in [-0.4, -0.2) is 118 Å². The first-order valence-electron chi connectivity index (χ1n) is 14.0. The monoisotopic (exact) mass is 669 g/mol. The Morgan fingerprint density at radius 2 is 1.15 bits per heavy atom. The van der Waals surface area contributed by atoms with Crippen LogP contribution in [0.15, 0.2) is 36.4 Å². The zero-order valence-electron chi connectivity index (χ0n) is 26.0. The molecular weight excluding hydrogens is 630 g/mol. The summed E-state index contributed by atoms with van der Waals surface area (Å²) in [6.45, 7) is 2.53. The second-order valence-corrected chi connectivity index (χ2v) is 10.7. The van der Waals surface area contributed by atoms with E-state index in [4.69, 9.17) is 58.7 Å². The summed E-state index contributed by atoms with van der Waals surface area (Å²) in [6, 6.07) is 10.7. The van der Waals surface area contributed by atoms with E-state index in [1.807, 2.05) is 14.1 Å². The van der Waals surface area contributed by atoms with E-state index in [9.17, 15) is 19.5 Å². The molecule has 17 heteroatoms. The summed E-state index contributed by atoms with van der Waals surface area (Å²) in [5.41, 5.74) is -3.90. The maximum Gasteiger partial charge on any atom is 0.336 e. The van der Waals surface area contributed by atoms with Gasteiger partial charge in [-0.05, 0) is 57.7 Å². The maximum atomic E-state index is 11.3. The molecule has 0 fully saturated rings. The summed E-state index contributed by atoms with van der Waals surface area (Å²) in [4.78, 5) is 41.6. The SMILES string of the molecule is CC(=O)O.CN(C)CCCC(O)(COc1ccc2c(c1)OCO2)COc1ccc2c(c1)OCO2.O=C(O)CC(O)(CC(=O)O)C(=O)O. The Hall–Kier alpha value is -5.00. The van der Waals surface area contributed by atoms with E-state index in [1.165, 1.54) is 0 Å². The molecule has 2 aliphatic rings. The highest BCUT2D eigenvalue weighted by molar-refractivity contribution is 5.88. The second kappa shape index (κ2) is 17.6. The lowest BCUT2D eigenvalue weighted by Crippen LogP contribution is -2.42. The minimum absolute atomic E-state index is 0.0879. The van der Waals surface area contributed by atoms with Gasteiger partial charge in [-0.2, -0.15) is 0 Å². The number of nitrogens with zero attached hydrogens (tertiary/aromatic N) is 1. The number of carboxylic acids is 4. The predicted molar refractivity (Wildman–Crippen MR) is 159 cm³/mol. The Kier molecular flexibility index (Phi) is 14.3. The molecule has 0 atom stereocenters. The molecule has 4 rings (SSSR count). The first-order chi connectivity index (χ1) is 22.0. The second-order valence-electron chi connectivity index (χ2n) is 10.7. The van der Waals surface area contributed by atoms with Crippen molar-refractivity contribution in [1.29, 1.82) is 0 Å². The molecule has 6 N–H and O–H groups in total. The molecule has 2 aliphatic heterocycles. The van der Waals surface area contributed by atoms with Gasteiger partial charge in [-0.3, -0.25) is 14.4 Å². The molecule has 0 bridgehead atoms. The Labute approximate surface area is 269 Å². The van der Waals surface area contributed by atoms with Crippen molar-refractivity contribution in [2.75, 3.05) is 47.4 Å². The van der Waals surface area contributed by atoms with Crippen molar-refractivity contribution in [2.45, 2.75) is 43.8 Å². The van der Waals surface area contributed by atoms with E-state index in [-0.39, 0.29) is 26.8 Å². The van der Waals surface area contributed by atoms with Crippen molar-refractivity contribution in [1.82, 2.24) is 4.90 Å². The van der Waals surface area contributed by atoms with Gasteiger partial charge in [0.1, 0.15) is 30.3 Å². The van der Waals surface area contributed by atoms with Crippen molar-refractivity contribution in [3.05, 3.63) is 36.4 Å². The number of aliphatic hydroxyl groups is 2. The lowest BCUT2D eigenvalue weighted by atomic mass is 9.96. The number of aliphatic carboxylic acids is 4. The van der Waals surface area contributed by atoms with E-state index in [2.05, 4.69) is 4.90 Å². The fourth-order valence-corrected chi connectivity index (χ4v) is 3.99. The average Bonchev–Trinajstić information content (AvgIpc) is 3.63. The van der Waals surface area contributed by atoms with E-state index < -0.39 is 47.9 Å². The van der Waals surface area contributed by atoms with Crippen molar-refractivity contribution in [3.8, 4) is 34.5 Å². The summed E-state index contributed by atoms with van der Waals surface area (Å²) in [7, 11) is 4.01. The summed E-state index contributed by atoms with van der Waals surface area (Å²) in [5.74, 6) is -1.98. The van der Waals surface area contributed by atoms with Gasteiger partial charge >= 0.3 is 17.9 Å². The predicted octanol–water partition coefficient (Wildman–Crippen LogP) is 1.52. The molecule has 0 saturated carbocycles. The smallest absolute Gasteiger partial charge is 0.336 e. The standard InChI is InChI=1S/C22H27NO7.C6H8O7.C2H4O2/c1-23(2)9-3-8-22(24,12-25-16-4-6-18-20(10-16)29-14-27-18)13-26-17-5-7-19-21(11-17)30-15-28-19;7-3(8)1-6(13,5(11)12)2-4(9)10;1-2(3)4/h4-7,10-11,24H,3,8-9,12-15H2,1-2H3;13H,1-2H2,(H,7,8)(H,9,10)(H,11,12);1H3,(H,3,4). The molecule has 0 aliphatic carbocycles. The minimum Gasteiger partial charge on any atom is -0.490 e. The van der Waals surface area contributed by atoms with Crippen molar-refractivity contribution < 1.29 is 78.2 Å². The summed E-state index contributed by atoms with van der Waals surface area (Å²) in [5, 5.41) is 52.5. The Balaban J connectivity index is 0.000000378. The molecule has 0 spiro atoms. The number of ether oxygens (including phenoxy) is 6. The summed E-state index contributed by atoms with van der Waals surface area (Å²) in [6.07, 6.45) is -0.956. The lowest BCUT2D eigenvalue weighted by molar-refractivity contribution is -0.170. The van der Waals surface area contributed by atoms with Gasteiger partial charge < -0.3 is 64.0 Å². The normalized spacial score (nSPS) is 12.6. The van der Waals surface area contributed by atoms with Crippen LogP contribution in [0.3, 0.4) is 0 Å². The molecule has 0 aromatic heterocycles. The largest absolute Gasteiger partial charge is 0.490 e. The molecule has 0 unspecified atom stereocenters. The third-order valence-electron chi connectivity index (χ3n) is 6.24. The molecule has 2 heterocycles. The maximum absolute atomic E-state index is 11.3. The summed E-state index contributed by atoms with van der Waals surface area (Å²) < 4.78 is 33.2. The fourth-order valence-electron chi connectivity index (χ4n) is 3.99. The van der Waals surface area contributed by atoms with E-state index >= 15 is 0 Å². The molecule has 0 amide bonds. The van der Waals surface area contributed by atoms with Crippen molar-refractivity contribution >= 4 is 23.9 Å². The Bertz CT molecular complexity index is 1300. The van der Waals surface area contributed by atoms with Crippen LogP contribution in [-0.2, 0) is 19.2 Å². The zero-order valence-corrected chi connectivity index (χ0v) is 26.0. The van der Waals surface area contributed by atoms with Gasteiger partial charge in [-0.1, -0.05) is 0 Å². The molecule has 260 valence electrons. The summed E-state index contributed by atoms with van der Waals surface area (Å²) >= 11 is 0. The highest BCUT2D eigenvalue weighted by Gasteiger charge is 2.40. The van der Waals surface area contributed by atoms with Crippen LogP contribution in [0.1, 0.15) is 32.6 Å². The van der Waals surface area contributed by atoms with Crippen LogP contribution in [0, 0.1) is 0 Å². The van der Waals surface area contributed by atoms with Crippen LogP contribution in [0.4, 0.5) is 0 Å². The first kappa shape index (κ1) is 38.2. The van der Waals surface area contributed by atoms with Crippen LogP contribution in [0.2, 0.25) is 0 Å². The Morgan fingerprint density at radius 3 is 1.51 bits per heavy atom. The number of carbonyl (C=O) groups is 4. The minimum atomic E-state index is -2.74. The van der Waals surface area contributed by atoms with Gasteiger partial charge in [-0.25, -0.2) is 4.79 Å². The average molecular weight is 670 g/mol. The van der Waals surface area contributed by atoms with Gasteiger partial charge in [0.15, 0.2) is 28.6 Å². The third-order valence-corrected chi connectivity index (χ3v) is 6.24. The Morgan fingerprint density at radius 1 is 0.745 bits per heavy atom. The van der Waals surface area contributed by atoms with Crippen LogP contribution in [0.5, 0.6) is 34.5 Å². The molecule has 0 radical (unpaired) electrons. The highest BCUT2D eigenvalue weighted by Crippen LogP contribution is 2.37. The number of carboxylic acid groups (broad SMARTS) is 4. The van der Waals surface area contributed by atoms with Gasteiger partial charge in [-0.15, -0.1) is 0 Å². The molecule has 2 aromatic rings. The quantitative estimate of drug-likeness (QED) is 0.157. The number of hydrogen-bond donors (Lipinski definition) is 6. The van der Waals surface area contributed by atoms with Gasteiger partial charge in [0.2, 0.25) is 13.6 Å². The highest BCUT2D eigenvalue weighted by atomic mass is 16.7. The van der Waals surface area contributed by atoms with Crippen LogP contribution < -0.4 is 28.4 Å². The van der Waals surface area contributed by atoms with Crippen LogP contribution >= 0.6 is 0 Å². The molecule has 0 saturated heterocycles.